The highest BCUT2D eigenvalue weighted by Crippen LogP contribution is 2.38. The standard InChI is InChI=1S/C34H26N8O6S2/c1-43-21-12-7-18(8-13-21)29-39-41-31(47-29)37-33-35-26-23(5-4-6-24(26)49-33)46-17-20-11-16-25-27(28(20)45-3)36-34(50-25)38-32-42-40-30(48-32)19-9-14-22(44-2)15-10-19/h4-16H,17H2,1-3H3,(H,35,37,41)(H,36,38,42). The van der Waals surface area contributed by atoms with E-state index in [1.54, 1.807) is 21.3 Å². The average Bonchev–Trinajstić information content (AvgIpc) is 3.97. The number of thiazole rings is 2. The lowest BCUT2D eigenvalue weighted by Gasteiger charge is -2.11. The molecule has 0 fully saturated rings. The number of hydrogen-bond donors (Lipinski definition) is 2. The van der Waals surface area contributed by atoms with Crippen LogP contribution in [0.3, 0.4) is 0 Å². The van der Waals surface area contributed by atoms with Crippen molar-refractivity contribution in [1.29, 1.82) is 0 Å². The smallest absolute Gasteiger partial charge is 0.322 e. The van der Waals surface area contributed by atoms with E-state index in [0.717, 1.165) is 37.6 Å². The van der Waals surface area contributed by atoms with Gasteiger partial charge in [-0.25, -0.2) is 9.97 Å². The van der Waals surface area contributed by atoms with E-state index in [9.17, 15) is 0 Å². The SMILES string of the molecule is COc1ccc(-c2nnc(Nc3nc4c(OCc5ccc6sc(Nc7nnc(-c8ccc(OC)cc8)o7)nc6c5OC)cccc4s3)o2)cc1. The van der Waals surface area contributed by atoms with Gasteiger partial charge in [0.2, 0.25) is 11.8 Å². The molecule has 8 rings (SSSR count). The van der Waals surface area contributed by atoms with E-state index in [1.807, 2.05) is 78.9 Å². The number of nitrogens with one attached hydrogen (secondary N) is 2. The van der Waals surface area contributed by atoms with Crippen molar-refractivity contribution in [1.82, 2.24) is 30.4 Å². The monoisotopic (exact) mass is 706 g/mol. The van der Waals surface area contributed by atoms with Crippen molar-refractivity contribution < 1.29 is 27.8 Å². The molecule has 0 aliphatic rings. The van der Waals surface area contributed by atoms with Gasteiger partial charge in [0.1, 0.15) is 34.9 Å². The Morgan fingerprint density at radius 3 is 1.72 bits per heavy atom. The predicted molar refractivity (Wildman–Crippen MR) is 189 cm³/mol. The van der Waals surface area contributed by atoms with Gasteiger partial charge in [0.05, 0.1) is 30.7 Å². The van der Waals surface area contributed by atoms with Crippen molar-refractivity contribution in [3.63, 3.8) is 0 Å². The van der Waals surface area contributed by atoms with Crippen molar-refractivity contribution in [2.75, 3.05) is 32.0 Å². The summed E-state index contributed by atoms with van der Waals surface area (Å²) in [6.45, 7) is 0.225. The normalized spacial score (nSPS) is 11.2. The van der Waals surface area contributed by atoms with Gasteiger partial charge >= 0.3 is 12.0 Å². The fourth-order valence-corrected chi connectivity index (χ4v) is 6.81. The number of hydrogen-bond acceptors (Lipinski definition) is 16. The zero-order chi connectivity index (χ0) is 34.0. The lowest BCUT2D eigenvalue weighted by atomic mass is 10.2. The Morgan fingerprint density at radius 1 is 0.600 bits per heavy atom. The maximum atomic E-state index is 6.30. The summed E-state index contributed by atoms with van der Waals surface area (Å²) in [7, 11) is 4.84. The number of aromatic nitrogens is 6. The van der Waals surface area contributed by atoms with E-state index in [2.05, 4.69) is 31.0 Å². The third-order valence-corrected chi connectivity index (χ3v) is 9.39. The summed E-state index contributed by atoms with van der Waals surface area (Å²) >= 11 is 2.88. The fraction of sp³-hybridized carbons (Fsp3) is 0.118. The number of anilines is 4. The first-order valence-corrected chi connectivity index (χ1v) is 16.7. The lowest BCUT2D eigenvalue weighted by molar-refractivity contribution is 0.300. The summed E-state index contributed by atoms with van der Waals surface area (Å²) < 4.78 is 36.0. The lowest BCUT2D eigenvalue weighted by Crippen LogP contribution is -2.00. The first kappa shape index (κ1) is 31.0. The third kappa shape index (κ3) is 6.20. The minimum Gasteiger partial charge on any atom is -0.497 e. The molecular formula is C34H26N8O6S2. The molecular weight excluding hydrogens is 681 g/mol. The van der Waals surface area contributed by atoms with Crippen LogP contribution in [0.15, 0.2) is 87.7 Å². The predicted octanol–water partition coefficient (Wildman–Crippen LogP) is 8.10. The molecule has 0 unspecified atom stereocenters. The average molecular weight is 707 g/mol. The molecule has 2 N–H and O–H groups in total. The number of benzene rings is 4. The molecule has 0 amide bonds. The summed E-state index contributed by atoms with van der Waals surface area (Å²) in [5.41, 5.74) is 3.75. The molecule has 0 spiro atoms. The minimum absolute atomic E-state index is 0.222. The number of ether oxygens (including phenoxy) is 4. The van der Waals surface area contributed by atoms with Crippen molar-refractivity contribution in [3.05, 3.63) is 84.4 Å². The van der Waals surface area contributed by atoms with E-state index in [-0.39, 0.29) is 18.6 Å². The quantitative estimate of drug-likeness (QED) is 0.125. The van der Waals surface area contributed by atoms with E-state index in [0.29, 0.717) is 44.6 Å². The van der Waals surface area contributed by atoms with Gasteiger partial charge in [-0.05, 0) is 66.7 Å². The Morgan fingerprint density at radius 2 is 1.16 bits per heavy atom. The Hall–Kier alpha value is -6.26. The molecule has 0 radical (unpaired) electrons. The third-order valence-electron chi connectivity index (χ3n) is 7.52. The van der Waals surface area contributed by atoms with Crippen LogP contribution in [-0.4, -0.2) is 51.7 Å². The van der Waals surface area contributed by atoms with E-state index in [4.69, 9.17) is 37.7 Å². The topological polar surface area (TPSA) is 165 Å². The van der Waals surface area contributed by atoms with Crippen LogP contribution in [0.5, 0.6) is 23.0 Å². The van der Waals surface area contributed by atoms with Crippen molar-refractivity contribution in [2.24, 2.45) is 0 Å². The molecule has 4 heterocycles. The Balaban J connectivity index is 0.967. The summed E-state index contributed by atoms with van der Waals surface area (Å²) in [4.78, 5) is 9.51. The molecule has 0 bridgehead atoms. The largest absolute Gasteiger partial charge is 0.497 e. The van der Waals surface area contributed by atoms with Crippen LogP contribution in [0.2, 0.25) is 0 Å². The van der Waals surface area contributed by atoms with Crippen LogP contribution in [0.4, 0.5) is 22.3 Å². The van der Waals surface area contributed by atoms with Crippen LogP contribution in [0, 0.1) is 0 Å². The number of fused-ring (bicyclic) bond motifs is 2. The maximum absolute atomic E-state index is 6.30. The Kier molecular flexibility index (Phi) is 8.27. The molecule has 50 heavy (non-hydrogen) atoms. The molecule has 16 heteroatoms. The summed E-state index contributed by atoms with van der Waals surface area (Å²) in [5, 5.41) is 23.9. The Bertz CT molecular complexity index is 2420. The highest BCUT2D eigenvalue weighted by Gasteiger charge is 2.18. The van der Waals surface area contributed by atoms with Crippen molar-refractivity contribution in [2.45, 2.75) is 6.61 Å². The molecule has 14 nitrogen and oxygen atoms in total. The number of nitrogens with zero attached hydrogens (tertiary/aromatic N) is 6. The molecule has 250 valence electrons. The summed E-state index contributed by atoms with van der Waals surface area (Å²) in [6.07, 6.45) is 0. The second-order valence-electron chi connectivity index (χ2n) is 10.6. The first-order chi connectivity index (χ1) is 24.6. The molecule has 0 aliphatic heterocycles. The van der Waals surface area contributed by atoms with E-state index >= 15 is 0 Å². The summed E-state index contributed by atoms with van der Waals surface area (Å²) in [6, 6.07) is 24.9. The molecule has 4 aromatic heterocycles. The van der Waals surface area contributed by atoms with Crippen LogP contribution in [0.1, 0.15) is 5.56 Å². The van der Waals surface area contributed by atoms with Crippen LogP contribution >= 0.6 is 22.7 Å². The summed E-state index contributed by atoms with van der Waals surface area (Å²) in [5.74, 6) is 3.45. The number of para-hydroxylation sites is 1. The van der Waals surface area contributed by atoms with E-state index < -0.39 is 0 Å². The second-order valence-corrected chi connectivity index (χ2v) is 12.6. The van der Waals surface area contributed by atoms with Gasteiger partial charge in [-0.3, -0.25) is 10.6 Å². The molecule has 4 aromatic carbocycles. The number of methoxy groups -OCH3 is 3. The first-order valence-electron chi connectivity index (χ1n) is 15.1. The van der Waals surface area contributed by atoms with Gasteiger partial charge in [-0.2, -0.15) is 0 Å². The minimum atomic E-state index is 0.222. The van der Waals surface area contributed by atoms with Crippen LogP contribution in [-0.2, 0) is 6.61 Å². The van der Waals surface area contributed by atoms with Crippen LogP contribution < -0.4 is 29.6 Å². The van der Waals surface area contributed by atoms with E-state index in [1.165, 1.54) is 22.7 Å². The van der Waals surface area contributed by atoms with Crippen LogP contribution in [0.25, 0.3) is 43.3 Å². The van der Waals surface area contributed by atoms with Gasteiger partial charge < -0.3 is 27.8 Å². The molecule has 0 atom stereocenters. The second kappa shape index (κ2) is 13.3. The Labute approximate surface area is 291 Å². The highest BCUT2D eigenvalue weighted by atomic mass is 32.1. The van der Waals surface area contributed by atoms with Gasteiger partial charge in [-0.15, -0.1) is 10.2 Å². The molecule has 0 saturated heterocycles. The zero-order valence-corrected chi connectivity index (χ0v) is 28.3. The highest BCUT2D eigenvalue weighted by molar-refractivity contribution is 7.22. The van der Waals surface area contributed by atoms with Gasteiger partial charge in [0, 0.05) is 16.7 Å². The molecule has 8 aromatic rings. The van der Waals surface area contributed by atoms with Gasteiger partial charge in [-0.1, -0.05) is 45.0 Å². The van der Waals surface area contributed by atoms with Gasteiger partial charge in [0.15, 0.2) is 16.0 Å². The van der Waals surface area contributed by atoms with Crippen molar-refractivity contribution >= 4 is 65.4 Å². The van der Waals surface area contributed by atoms with Crippen molar-refractivity contribution in [3.8, 4) is 45.9 Å². The fourth-order valence-electron chi connectivity index (χ4n) is 5.09. The molecule has 0 saturated carbocycles. The van der Waals surface area contributed by atoms with Gasteiger partial charge in [0.25, 0.3) is 0 Å². The zero-order valence-electron chi connectivity index (χ0n) is 26.7. The molecule has 0 aliphatic carbocycles. The number of rotatable bonds is 12. The maximum Gasteiger partial charge on any atom is 0.322 e.